The quantitative estimate of drug-likeness (QED) is 0.625. The molecule has 0 N–H and O–H groups in total. The molecule has 0 unspecified atom stereocenters. The smallest absolute Gasteiger partial charge is 0.246 e. The van der Waals surface area contributed by atoms with Gasteiger partial charge in [0.1, 0.15) is 0 Å². The summed E-state index contributed by atoms with van der Waals surface area (Å²) in [7, 11) is 1.81. The molecule has 0 aliphatic carbocycles. The Kier molecular flexibility index (Phi) is 5.52. The molecule has 4 nitrogen and oxygen atoms in total. The molecule has 2 aromatic rings. The molecule has 0 saturated heterocycles. The van der Waals surface area contributed by atoms with Crippen molar-refractivity contribution < 1.29 is 4.79 Å². The molecule has 2 rings (SSSR count). The number of aromatic nitrogens is 2. The van der Waals surface area contributed by atoms with Gasteiger partial charge < -0.3 is 4.90 Å². The monoisotopic (exact) mass is 309 g/mol. The summed E-state index contributed by atoms with van der Waals surface area (Å²) >= 11 is 0. The topological polar surface area (TPSA) is 38.1 Å². The highest BCUT2D eigenvalue weighted by molar-refractivity contribution is 5.87. The maximum Gasteiger partial charge on any atom is 0.246 e. The van der Waals surface area contributed by atoms with Crippen molar-refractivity contribution in [2.45, 2.75) is 27.3 Å². The lowest BCUT2D eigenvalue weighted by molar-refractivity contribution is -0.125. The Morgan fingerprint density at radius 3 is 2.57 bits per heavy atom. The molecule has 0 fully saturated rings. The van der Waals surface area contributed by atoms with Crippen molar-refractivity contribution in [2.24, 2.45) is 0 Å². The van der Waals surface area contributed by atoms with Gasteiger partial charge in [-0.25, -0.2) is 4.68 Å². The highest BCUT2D eigenvalue weighted by Gasteiger charge is 2.15. The summed E-state index contributed by atoms with van der Waals surface area (Å²) in [5, 5.41) is 4.62. The highest BCUT2D eigenvalue weighted by Crippen LogP contribution is 2.19. The number of rotatable bonds is 5. The van der Waals surface area contributed by atoms with E-state index in [0.717, 1.165) is 22.6 Å². The van der Waals surface area contributed by atoms with Crippen LogP contribution in [0.25, 0.3) is 5.69 Å². The van der Waals surface area contributed by atoms with E-state index in [1.807, 2.05) is 67.9 Å². The van der Waals surface area contributed by atoms with Crippen LogP contribution in [0.1, 0.15) is 23.9 Å². The largest absolute Gasteiger partial charge is 0.338 e. The molecule has 1 amide bonds. The maximum atomic E-state index is 12.1. The van der Waals surface area contributed by atoms with E-state index in [2.05, 4.69) is 5.10 Å². The first-order valence-corrected chi connectivity index (χ1v) is 7.69. The van der Waals surface area contributed by atoms with Crippen LogP contribution < -0.4 is 0 Å². The number of hydrogen-bond donors (Lipinski definition) is 0. The van der Waals surface area contributed by atoms with E-state index in [1.165, 1.54) is 0 Å². The molecular weight excluding hydrogens is 286 g/mol. The predicted molar refractivity (Wildman–Crippen MR) is 93.5 cm³/mol. The Morgan fingerprint density at radius 2 is 1.91 bits per heavy atom. The number of nitrogens with zero attached hydrogens (tertiary/aromatic N) is 3. The molecule has 0 aliphatic rings. The molecule has 0 spiro atoms. The van der Waals surface area contributed by atoms with E-state index in [-0.39, 0.29) is 5.91 Å². The van der Waals surface area contributed by atoms with Gasteiger partial charge in [0.15, 0.2) is 0 Å². The van der Waals surface area contributed by atoms with Crippen LogP contribution in [0, 0.1) is 13.8 Å². The van der Waals surface area contributed by atoms with Crippen LogP contribution in [-0.4, -0.2) is 27.6 Å². The summed E-state index contributed by atoms with van der Waals surface area (Å²) < 4.78 is 1.93. The van der Waals surface area contributed by atoms with Crippen LogP contribution in [0.15, 0.2) is 54.6 Å². The zero-order chi connectivity index (χ0) is 16.8. The van der Waals surface area contributed by atoms with Crippen LogP contribution in [0.3, 0.4) is 0 Å². The average Bonchev–Trinajstić information content (AvgIpc) is 2.84. The first-order chi connectivity index (χ1) is 11.0. The molecule has 0 bridgehead atoms. The number of carbonyl (C=O) groups is 1. The zero-order valence-electron chi connectivity index (χ0n) is 14.2. The van der Waals surface area contributed by atoms with Gasteiger partial charge in [-0.05, 0) is 32.9 Å². The van der Waals surface area contributed by atoms with Crippen molar-refractivity contribution >= 4 is 5.91 Å². The van der Waals surface area contributed by atoms with E-state index >= 15 is 0 Å². The SMILES string of the molecule is CC=CC=CC(=O)N(C)Cc1c(C)nn(-c2ccccc2)c1C. The lowest BCUT2D eigenvalue weighted by Crippen LogP contribution is -2.24. The fourth-order valence-electron chi connectivity index (χ4n) is 2.42. The molecule has 0 radical (unpaired) electrons. The van der Waals surface area contributed by atoms with Crippen molar-refractivity contribution in [2.75, 3.05) is 7.05 Å². The van der Waals surface area contributed by atoms with Gasteiger partial charge in [0, 0.05) is 30.9 Å². The maximum absolute atomic E-state index is 12.1. The summed E-state index contributed by atoms with van der Waals surface area (Å²) in [6.07, 6.45) is 7.07. The minimum Gasteiger partial charge on any atom is -0.338 e. The van der Waals surface area contributed by atoms with Gasteiger partial charge in [-0.3, -0.25) is 4.79 Å². The first-order valence-electron chi connectivity index (χ1n) is 7.69. The molecule has 4 heteroatoms. The molecule has 0 saturated carbocycles. The van der Waals surface area contributed by atoms with E-state index in [4.69, 9.17) is 0 Å². The van der Waals surface area contributed by atoms with Gasteiger partial charge in [-0.1, -0.05) is 36.4 Å². The average molecular weight is 309 g/mol. The Morgan fingerprint density at radius 1 is 1.22 bits per heavy atom. The van der Waals surface area contributed by atoms with Gasteiger partial charge >= 0.3 is 0 Å². The fourth-order valence-corrected chi connectivity index (χ4v) is 2.42. The van der Waals surface area contributed by atoms with Gasteiger partial charge in [-0.15, -0.1) is 0 Å². The number of amides is 1. The molecular formula is C19H23N3O. The summed E-state index contributed by atoms with van der Waals surface area (Å²) in [4.78, 5) is 13.8. The number of allylic oxidation sites excluding steroid dienone is 3. The van der Waals surface area contributed by atoms with Crippen molar-refractivity contribution in [3.05, 3.63) is 71.6 Å². The number of carbonyl (C=O) groups excluding carboxylic acids is 1. The molecule has 0 atom stereocenters. The summed E-state index contributed by atoms with van der Waals surface area (Å²) in [6.45, 7) is 6.48. The lowest BCUT2D eigenvalue weighted by atomic mass is 10.2. The molecule has 120 valence electrons. The number of hydrogen-bond acceptors (Lipinski definition) is 2. The van der Waals surface area contributed by atoms with Gasteiger partial charge in [-0.2, -0.15) is 5.10 Å². The van der Waals surface area contributed by atoms with E-state index in [9.17, 15) is 4.79 Å². The van der Waals surface area contributed by atoms with Gasteiger partial charge in [0.25, 0.3) is 0 Å². The van der Waals surface area contributed by atoms with Crippen LogP contribution in [-0.2, 0) is 11.3 Å². The zero-order valence-corrected chi connectivity index (χ0v) is 14.2. The van der Waals surface area contributed by atoms with Crippen molar-refractivity contribution in [3.63, 3.8) is 0 Å². The molecule has 1 aromatic heterocycles. The third-order valence-corrected chi connectivity index (χ3v) is 3.76. The van der Waals surface area contributed by atoms with Gasteiger partial charge in [0.2, 0.25) is 5.91 Å². The van der Waals surface area contributed by atoms with Gasteiger partial charge in [0.05, 0.1) is 11.4 Å². The minimum atomic E-state index is -0.0191. The Labute approximate surface area is 137 Å². The second kappa shape index (κ2) is 7.58. The number of likely N-dealkylation sites (N-methyl/N-ethyl adjacent to an activating group) is 1. The van der Waals surface area contributed by atoms with Crippen LogP contribution in [0.2, 0.25) is 0 Å². The Bertz CT molecular complexity index is 727. The molecule has 0 aliphatic heterocycles. The lowest BCUT2D eigenvalue weighted by Gasteiger charge is -2.15. The second-order valence-corrected chi connectivity index (χ2v) is 5.48. The molecule has 23 heavy (non-hydrogen) atoms. The highest BCUT2D eigenvalue weighted by atomic mass is 16.2. The van der Waals surface area contributed by atoms with E-state index < -0.39 is 0 Å². The number of aryl methyl sites for hydroxylation is 1. The predicted octanol–water partition coefficient (Wildman–Crippen LogP) is 3.58. The summed E-state index contributed by atoms with van der Waals surface area (Å²) in [5.41, 5.74) is 4.12. The number of para-hydroxylation sites is 1. The number of benzene rings is 1. The van der Waals surface area contributed by atoms with E-state index in [1.54, 1.807) is 24.1 Å². The van der Waals surface area contributed by atoms with E-state index in [0.29, 0.717) is 6.54 Å². The molecule has 1 aromatic carbocycles. The fraction of sp³-hybridized carbons (Fsp3) is 0.263. The second-order valence-electron chi connectivity index (χ2n) is 5.48. The van der Waals surface area contributed by atoms with Crippen molar-refractivity contribution in [1.82, 2.24) is 14.7 Å². The van der Waals surface area contributed by atoms with Crippen molar-refractivity contribution in [3.8, 4) is 5.69 Å². The minimum absolute atomic E-state index is 0.0191. The Hall–Kier alpha value is -2.62. The third kappa shape index (κ3) is 3.97. The first kappa shape index (κ1) is 16.7. The standard InChI is InChI=1S/C19H23N3O/c1-5-6-8-13-19(23)21(4)14-18-15(2)20-22(16(18)3)17-11-9-7-10-12-17/h5-13H,14H2,1-4H3. The van der Waals surface area contributed by atoms with Crippen LogP contribution in [0.4, 0.5) is 0 Å². The van der Waals surface area contributed by atoms with Crippen LogP contribution >= 0.6 is 0 Å². The third-order valence-electron chi connectivity index (χ3n) is 3.76. The van der Waals surface area contributed by atoms with Crippen LogP contribution in [0.5, 0.6) is 0 Å². The normalized spacial score (nSPS) is 11.5. The summed E-state index contributed by atoms with van der Waals surface area (Å²) in [5.74, 6) is -0.0191. The molecule has 1 heterocycles. The van der Waals surface area contributed by atoms with Crippen molar-refractivity contribution in [1.29, 1.82) is 0 Å². The summed E-state index contributed by atoms with van der Waals surface area (Å²) in [6, 6.07) is 10.0. The Balaban J connectivity index is 2.21.